The molecule has 11 heteroatoms. The number of nitrogens with one attached hydrogen (secondary N) is 1. The standard InChI is InChI=1S/C21H29BrF2N2O5S/c1-11-21(23,24)9-12-15(16(18(27)28)32-17(12)22)26(11)10-13(14-7-5-6-8-30-14)25-19(29)31-20(2,3)4/h11,13-14H,5-10H2,1-4H3,(H,25,29)(H,27,28)/t11?,13-,14?/m0/s1. The average molecular weight is 539 g/mol. The van der Waals surface area contributed by atoms with E-state index in [9.17, 15) is 23.5 Å². The molecular weight excluding hydrogens is 510 g/mol. The van der Waals surface area contributed by atoms with E-state index < -0.39 is 48.2 Å². The number of alkyl halides is 2. The summed E-state index contributed by atoms with van der Waals surface area (Å²) in [5, 5.41) is 12.5. The number of alkyl carbamates (subject to hydrolysis) is 1. The lowest BCUT2D eigenvalue weighted by molar-refractivity contribution is -0.0329. The summed E-state index contributed by atoms with van der Waals surface area (Å²) in [6.07, 6.45) is 0.826. The van der Waals surface area contributed by atoms with E-state index in [0.717, 1.165) is 24.2 Å². The average Bonchev–Trinajstić information content (AvgIpc) is 2.99. The molecule has 1 aromatic rings. The van der Waals surface area contributed by atoms with Crippen molar-refractivity contribution in [3.63, 3.8) is 0 Å². The second-order valence-corrected chi connectivity index (χ2v) is 11.6. The fourth-order valence-electron chi connectivity index (χ4n) is 4.10. The molecule has 3 rings (SSSR count). The quantitative estimate of drug-likeness (QED) is 0.544. The second kappa shape index (κ2) is 9.42. The Bertz CT molecular complexity index is 867. The topological polar surface area (TPSA) is 88.1 Å². The zero-order valence-electron chi connectivity index (χ0n) is 18.5. The van der Waals surface area contributed by atoms with Gasteiger partial charge in [0.25, 0.3) is 5.92 Å². The summed E-state index contributed by atoms with van der Waals surface area (Å²) in [6, 6.07) is -1.92. The summed E-state index contributed by atoms with van der Waals surface area (Å²) in [4.78, 5) is 25.8. The molecule has 0 aliphatic carbocycles. The Kier molecular flexibility index (Phi) is 7.41. The lowest BCUT2D eigenvalue weighted by Gasteiger charge is -2.44. The molecule has 1 aromatic heterocycles. The van der Waals surface area contributed by atoms with Crippen LogP contribution in [-0.2, 0) is 15.9 Å². The number of carboxylic acids is 1. The van der Waals surface area contributed by atoms with E-state index in [-0.39, 0.29) is 22.7 Å². The number of rotatable bonds is 5. The van der Waals surface area contributed by atoms with Crippen molar-refractivity contribution in [2.45, 2.75) is 83.1 Å². The molecule has 32 heavy (non-hydrogen) atoms. The first kappa shape index (κ1) is 25.2. The summed E-state index contributed by atoms with van der Waals surface area (Å²) < 4.78 is 41.5. The molecule has 2 unspecified atom stereocenters. The smallest absolute Gasteiger partial charge is 0.408 e. The number of aromatic carboxylic acids is 1. The van der Waals surface area contributed by atoms with Crippen LogP contribution in [0.3, 0.4) is 0 Å². The van der Waals surface area contributed by atoms with Gasteiger partial charge >= 0.3 is 12.1 Å². The number of thiophene rings is 1. The number of ether oxygens (including phenoxy) is 2. The Morgan fingerprint density at radius 1 is 1.41 bits per heavy atom. The molecule has 180 valence electrons. The Morgan fingerprint density at radius 2 is 2.09 bits per heavy atom. The molecule has 1 fully saturated rings. The SMILES string of the molecule is CC1N(C[C@H](NC(=O)OC(C)(C)C)C2CCCCO2)c2c(C(=O)O)sc(Br)c2CC1(F)F. The lowest BCUT2D eigenvalue weighted by atomic mass is 9.93. The molecular formula is C21H29BrF2N2O5S. The molecule has 3 atom stereocenters. The normalized spacial score (nSPS) is 23.9. The van der Waals surface area contributed by atoms with Gasteiger partial charge in [0.15, 0.2) is 0 Å². The minimum Gasteiger partial charge on any atom is -0.477 e. The molecule has 2 aliphatic rings. The van der Waals surface area contributed by atoms with Crippen molar-refractivity contribution >= 4 is 45.0 Å². The van der Waals surface area contributed by atoms with Crippen LogP contribution in [0.4, 0.5) is 19.3 Å². The minimum absolute atomic E-state index is 0.00481. The maximum absolute atomic E-state index is 14.9. The van der Waals surface area contributed by atoms with Crippen LogP contribution in [0.15, 0.2) is 3.79 Å². The molecule has 2 N–H and O–H groups in total. The first-order valence-corrected chi connectivity index (χ1v) is 12.2. The van der Waals surface area contributed by atoms with Crippen molar-refractivity contribution in [1.82, 2.24) is 5.32 Å². The van der Waals surface area contributed by atoms with Gasteiger partial charge in [0.05, 0.1) is 27.7 Å². The number of hydrogen-bond acceptors (Lipinski definition) is 6. The molecule has 0 spiro atoms. The van der Waals surface area contributed by atoms with Gasteiger partial charge in [-0.15, -0.1) is 11.3 Å². The van der Waals surface area contributed by atoms with Crippen molar-refractivity contribution in [3.8, 4) is 0 Å². The van der Waals surface area contributed by atoms with Gasteiger partial charge in [-0.2, -0.15) is 0 Å². The van der Waals surface area contributed by atoms with Gasteiger partial charge in [-0.3, -0.25) is 0 Å². The van der Waals surface area contributed by atoms with Crippen LogP contribution in [0.25, 0.3) is 0 Å². The molecule has 1 saturated heterocycles. The maximum atomic E-state index is 14.9. The fourth-order valence-corrected chi connectivity index (χ4v) is 5.81. The Morgan fingerprint density at radius 3 is 2.66 bits per heavy atom. The van der Waals surface area contributed by atoms with Crippen molar-refractivity contribution in [1.29, 1.82) is 0 Å². The van der Waals surface area contributed by atoms with Crippen molar-refractivity contribution in [2.75, 3.05) is 18.1 Å². The van der Waals surface area contributed by atoms with E-state index >= 15 is 0 Å². The zero-order chi connectivity index (χ0) is 23.8. The third-order valence-corrected chi connectivity index (χ3v) is 7.62. The van der Waals surface area contributed by atoms with Crippen molar-refractivity contribution < 1.29 is 33.0 Å². The third kappa shape index (κ3) is 5.53. The number of carboxylic acid groups (broad SMARTS) is 1. The van der Waals surface area contributed by atoms with Crippen LogP contribution in [-0.4, -0.2) is 60.0 Å². The highest BCUT2D eigenvalue weighted by atomic mass is 79.9. The number of carbonyl (C=O) groups is 2. The molecule has 0 bridgehead atoms. The van der Waals surface area contributed by atoms with E-state index in [1.54, 1.807) is 20.8 Å². The highest BCUT2D eigenvalue weighted by Gasteiger charge is 2.49. The second-order valence-electron chi connectivity index (χ2n) is 9.26. The number of amides is 1. The summed E-state index contributed by atoms with van der Waals surface area (Å²) in [5.74, 6) is -4.25. The predicted molar refractivity (Wildman–Crippen MR) is 121 cm³/mol. The summed E-state index contributed by atoms with van der Waals surface area (Å²) in [6.45, 7) is 7.07. The number of halogens is 3. The largest absolute Gasteiger partial charge is 0.477 e. The van der Waals surface area contributed by atoms with Crippen molar-refractivity contribution in [2.24, 2.45) is 0 Å². The highest BCUT2D eigenvalue weighted by molar-refractivity contribution is 9.11. The monoisotopic (exact) mass is 538 g/mol. The van der Waals surface area contributed by atoms with Gasteiger partial charge in [0, 0.05) is 25.1 Å². The molecule has 1 amide bonds. The molecule has 0 aromatic carbocycles. The molecule has 2 aliphatic heterocycles. The van der Waals surface area contributed by atoms with Gasteiger partial charge in [-0.1, -0.05) is 0 Å². The lowest BCUT2D eigenvalue weighted by Crippen LogP contribution is -2.59. The molecule has 7 nitrogen and oxygen atoms in total. The predicted octanol–water partition coefficient (Wildman–Crippen LogP) is 5.06. The van der Waals surface area contributed by atoms with Crippen LogP contribution in [0.5, 0.6) is 0 Å². The van der Waals surface area contributed by atoms with E-state index in [4.69, 9.17) is 9.47 Å². The summed E-state index contributed by atoms with van der Waals surface area (Å²) >= 11 is 4.20. The van der Waals surface area contributed by atoms with Crippen LogP contribution >= 0.6 is 27.3 Å². The first-order chi connectivity index (χ1) is 14.8. The highest BCUT2D eigenvalue weighted by Crippen LogP contribution is 2.48. The van der Waals surface area contributed by atoms with Crippen molar-refractivity contribution in [3.05, 3.63) is 14.2 Å². The van der Waals surface area contributed by atoms with Gasteiger partial charge < -0.3 is 24.8 Å². The molecule has 3 heterocycles. The third-order valence-electron chi connectivity index (χ3n) is 5.66. The summed E-state index contributed by atoms with van der Waals surface area (Å²) in [5.41, 5.74) is -0.175. The Labute approximate surface area is 198 Å². The number of nitrogens with zero attached hydrogens (tertiary/aromatic N) is 1. The van der Waals surface area contributed by atoms with Crippen LogP contribution < -0.4 is 10.2 Å². The van der Waals surface area contributed by atoms with Crippen LogP contribution in [0.2, 0.25) is 0 Å². The number of anilines is 1. The number of hydrogen-bond donors (Lipinski definition) is 2. The maximum Gasteiger partial charge on any atom is 0.408 e. The minimum atomic E-state index is -3.07. The molecule has 0 radical (unpaired) electrons. The fraction of sp³-hybridized carbons (Fsp3) is 0.714. The number of fused-ring (bicyclic) bond motifs is 1. The van der Waals surface area contributed by atoms with E-state index in [2.05, 4.69) is 21.2 Å². The van der Waals surface area contributed by atoms with Crippen LogP contribution in [0.1, 0.15) is 62.2 Å². The van der Waals surface area contributed by atoms with Gasteiger partial charge in [-0.25, -0.2) is 18.4 Å². The Hall–Kier alpha value is -1.46. The van der Waals surface area contributed by atoms with Gasteiger partial charge in [-0.05, 0) is 62.9 Å². The van der Waals surface area contributed by atoms with E-state index in [1.165, 1.54) is 11.8 Å². The van der Waals surface area contributed by atoms with Gasteiger partial charge in [0.2, 0.25) is 0 Å². The summed E-state index contributed by atoms with van der Waals surface area (Å²) in [7, 11) is 0. The number of carbonyl (C=O) groups excluding carboxylic acids is 1. The molecule has 0 saturated carbocycles. The van der Waals surface area contributed by atoms with Gasteiger partial charge in [0.1, 0.15) is 10.5 Å². The first-order valence-electron chi connectivity index (χ1n) is 10.6. The van der Waals surface area contributed by atoms with E-state index in [1.807, 2.05) is 0 Å². The Balaban J connectivity index is 1.96. The zero-order valence-corrected chi connectivity index (χ0v) is 20.9. The van der Waals surface area contributed by atoms with Crippen LogP contribution in [0, 0.1) is 0 Å². The van der Waals surface area contributed by atoms with E-state index in [0.29, 0.717) is 16.8 Å².